The summed E-state index contributed by atoms with van der Waals surface area (Å²) in [5.74, 6) is -0.387. The molecule has 0 saturated carbocycles. The highest BCUT2D eigenvalue weighted by Gasteiger charge is 2.21. The van der Waals surface area contributed by atoms with Crippen molar-refractivity contribution in [1.29, 1.82) is 0 Å². The first-order valence-corrected chi connectivity index (χ1v) is 8.14. The maximum Gasteiger partial charge on any atom is 0.234 e. The lowest BCUT2D eigenvalue weighted by Crippen LogP contribution is -2.43. The van der Waals surface area contributed by atoms with E-state index >= 15 is 0 Å². The van der Waals surface area contributed by atoms with E-state index in [2.05, 4.69) is 10.2 Å². The number of rotatable bonds is 8. The summed E-state index contributed by atoms with van der Waals surface area (Å²) in [6, 6.07) is 6.45. The minimum Gasteiger partial charge on any atom is -0.396 e. The molecular formula is C17H25FN2O3. The molecule has 6 heteroatoms. The highest BCUT2D eigenvalue weighted by atomic mass is 19.1. The molecule has 1 fully saturated rings. The van der Waals surface area contributed by atoms with Crippen LogP contribution in [0.15, 0.2) is 24.3 Å². The highest BCUT2D eigenvalue weighted by Crippen LogP contribution is 2.13. The quantitative estimate of drug-likeness (QED) is 0.708. The second-order valence-electron chi connectivity index (χ2n) is 5.79. The molecule has 1 aromatic rings. The van der Waals surface area contributed by atoms with Gasteiger partial charge in [-0.1, -0.05) is 18.2 Å². The third-order valence-electron chi connectivity index (χ3n) is 3.99. The van der Waals surface area contributed by atoms with Crippen molar-refractivity contribution in [1.82, 2.24) is 10.2 Å². The number of amides is 1. The summed E-state index contributed by atoms with van der Waals surface area (Å²) in [6.45, 7) is 2.92. The van der Waals surface area contributed by atoms with E-state index in [1.807, 2.05) is 0 Å². The molecule has 1 aliphatic heterocycles. The van der Waals surface area contributed by atoms with Crippen LogP contribution in [-0.4, -0.2) is 54.9 Å². The summed E-state index contributed by atoms with van der Waals surface area (Å²) >= 11 is 0. The average Bonchev–Trinajstić information content (AvgIpc) is 2.56. The lowest BCUT2D eigenvalue weighted by Gasteiger charge is -2.31. The van der Waals surface area contributed by atoms with E-state index in [-0.39, 0.29) is 31.0 Å². The molecule has 0 spiro atoms. The molecule has 0 aromatic heterocycles. The topological polar surface area (TPSA) is 61.8 Å². The summed E-state index contributed by atoms with van der Waals surface area (Å²) < 4.78 is 19.1. The Balaban J connectivity index is 1.64. The molecule has 1 saturated heterocycles. The van der Waals surface area contributed by atoms with Gasteiger partial charge in [0, 0.05) is 38.4 Å². The first-order valence-electron chi connectivity index (χ1n) is 8.14. The molecule has 0 atom stereocenters. The molecule has 1 aliphatic rings. The van der Waals surface area contributed by atoms with Crippen molar-refractivity contribution in [3.05, 3.63) is 35.6 Å². The third-order valence-corrected chi connectivity index (χ3v) is 3.99. The van der Waals surface area contributed by atoms with Gasteiger partial charge >= 0.3 is 0 Å². The number of carbonyl (C=O) groups is 1. The number of ether oxygens (including phenoxy) is 1. The number of aliphatic hydroxyl groups is 1. The normalized spacial score (nSPS) is 16.4. The zero-order valence-electron chi connectivity index (χ0n) is 13.3. The zero-order chi connectivity index (χ0) is 16.5. The molecule has 128 valence electrons. The van der Waals surface area contributed by atoms with Crippen molar-refractivity contribution < 1.29 is 19.0 Å². The molecule has 0 bridgehead atoms. The van der Waals surface area contributed by atoms with Gasteiger partial charge in [0.1, 0.15) is 5.82 Å². The Morgan fingerprint density at radius 2 is 2.09 bits per heavy atom. The van der Waals surface area contributed by atoms with Crippen LogP contribution in [0.1, 0.15) is 24.8 Å². The monoisotopic (exact) mass is 324 g/mol. The van der Waals surface area contributed by atoms with Gasteiger partial charge in [-0.3, -0.25) is 9.69 Å². The number of nitrogens with zero attached hydrogens (tertiary/aromatic N) is 1. The summed E-state index contributed by atoms with van der Waals surface area (Å²) in [6.07, 6.45) is 2.68. The van der Waals surface area contributed by atoms with Crippen molar-refractivity contribution in [2.75, 3.05) is 32.8 Å². The predicted molar refractivity (Wildman–Crippen MR) is 85.4 cm³/mol. The van der Waals surface area contributed by atoms with Crippen molar-refractivity contribution in [2.24, 2.45) is 0 Å². The molecule has 1 heterocycles. The first-order chi connectivity index (χ1) is 11.2. The average molecular weight is 324 g/mol. The van der Waals surface area contributed by atoms with Crippen LogP contribution in [0.25, 0.3) is 0 Å². The molecule has 0 unspecified atom stereocenters. The SMILES string of the molecule is O=C(CN1CCC(OCCCO)CC1)NCc1ccccc1F. The van der Waals surface area contributed by atoms with Crippen LogP contribution < -0.4 is 5.32 Å². The summed E-state index contributed by atoms with van der Waals surface area (Å²) in [4.78, 5) is 14.0. The predicted octanol–water partition coefficient (Wildman–Crippen LogP) is 1.31. The van der Waals surface area contributed by atoms with Gasteiger partial charge < -0.3 is 15.2 Å². The smallest absolute Gasteiger partial charge is 0.234 e. The summed E-state index contributed by atoms with van der Waals surface area (Å²) in [5.41, 5.74) is 0.497. The first kappa shape index (κ1) is 17.8. The van der Waals surface area contributed by atoms with E-state index in [4.69, 9.17) is 9.84 Å². The maximum absolute atomic E-state index is 13.5. The van der Waals surface area contributed by atoms with Crippen LogP contribution in [0.3, 0.4) is 0 Å². The number of hydrogen-bond donors (Lipinski definition) is 2. The van der Waals surface area contributed by atoms with Crippen LogP contribution in [0.2, 0.25) is 0 Å². The van der Waals surface area contributed by atoms with Crippen LogP contribution in [0, 0.1) is 5.82 Å². The Hall–Kier alpha value is -1.50. The molecule has 2 rings (SSSR count). The lowest BCUT2D eigenvalue weighted by molar-refractivity contribution is -0.123. The Kier molecular flexibility index (Phi) is 7.45. The standard InChI is InChI=1S/C17H25FN2O3/c18-16-5-2-1-4-14(16)12-19-17(22)13-20-8-6-15(7-9-20)23-11-3-10-21/h1-2,4-5,15,21H,3,6-13H2,(H,19,22). The number of benzene rings is 1. The molecular weight excluding hydrogens is 299 g/mol. The minimum absolute atomic E-state index is 0.0899. The Bertz CT molecular complexity index is 490. The van der Waals surface area contributed by atoms with E-state index < -0.39 is 0 Å². The van der Waals surface area contributed by atoms with Crippen LogP contribution in [0.4, 0.5) is 4.39 Å². The summed E-state index contributed by atoms with van der Waals surface area (Å²) in [5, 5.41) is 11.5. The van der Waals surface area contributed by atoms with E-state index in [1.54, 1.807) is 18.2 Å². The molecule has 23 heavy (non-hydrogen) atoms. The number of piperidine rings is 1. The number of halogens is 1. The molecule has 1 aromatic carbocycles. The van der Waals surface area contributed by atoms with Crippen molar-refractivity contribution in [3.8, 4) is 0 Å². The van der Waals surface area contributed by atoms with Crippen molar-refractivity contribution >= 4 is 5.91 Å². The van der Waals surface area contributed by atoms with E-state index in [1.165, 1.54) is 6.07 Å². The Morgan fingerprint density at radius 1 is 1.35 bits per heavy atom. The van der Waals surface area contributed by atoms with Gasteiger partial charge in [-0.15, -0.1) is 0 Å². The number of carbonyl (C=O) groups excluding carboxylic acids is 1. The highest BCUT2D eigenvalue weighted by molar-refractivity contribution is 5.78. The molecule has 0 aliphatic carbocycles. The van der Waals surface area contributed by atoms with E-state index in [0.717, 1.165) is 25.9 Å². The van der Waals surface area contributed by atoms with Gasteiger partial charge in [-0.05, 0) is 25.3 Å². The second kappa shape index (κ2) is 9.60. The fourth-order valence-electron chi connectivity index (χ4n) is 2.64. The Labute approximate surface area is 136 Å². The van der Waals surface area contributed by atoms with Crippen LogP contribution in [0.5, 0.6) is 0 Å². The Morgan fingerprint density at radius 3 is 2.78 bits per heavy atom. The second-order valence-corrected chi connectivity index (χ2v) is 5.79. The van der Waals surface area contributed by atoms with Gasteiger partial charge in [-0.25, -0.2) is 4.39 Å². The summed E-state index contributed by atoms with van der Waals surface area (Å²) in [7, 11) is 0. The molecule has 0 radical (unpaired) electrons. The van der Waals surface area contributed by atoms with Crippen LogP contribution >= 0.6 is 0 Å². The van der Waals surface area contributed by atoms with Crippen molar-refractivity contribution in [3.63, 3.8) is 0 Å². The number of likely N-dealkylation sites (tertiary alicyclic amines) is 1. The van der Waals surface area contributed by atoms with Crippen molar-refractivity contribution in [2.45, 2.75) is 31.9 Å². The zero-order valence-corrected chi connectivity index (χ0v) is 13.3. The lowest BCUT2D eigenvalue weighted by atomic mass is 10.1. The van der Waals surface area contributed by atoms with E-state index in [9.17, 15) is 9.18 Å². The van der Waals surface area contributed by atoms with Gasteiger partial charge in [-0.2, -0.15) is 0 Å². The van der Waals surface area contributed by atoms with Gasteiger partial charge in [0.05, 0.1) is 12.6 Å². The number of nitrogens with one attached hydrogen (secondary N) is 1. The fraction of sp³-hybridized carbons (Fsp3) is 0.588. The van der Waals surface area contributed by atoms with E-state index in [0.29, 0.717) is 25.1 Å². The molecule has 1 amide bonds. The van der Waals surface area contributed by atoms with Gasteiger partial charge in [0.2, 0.25) is 5.91 Å². The number of aliphatic hydroxyl groups excluding tert-OH is 1. The van der Waals surface area contributed by atoms with Gasteiger partial charge in [0.15, 0.2) is 0 Å². The molecule has 5 nitrogen and oxygen atoms in total. The fourth-order valence-corrected chi connectivity index (χ4v) is 2.64. The minimum atomic E-state index is -0.298. The number of hydrogen-bond acceptors (Lipinski definition) is 4. The maximum atomic E-state index is 13.5. The molecule has 2 N–H and O–H groups in total. The largest absolute Gasteiger partial charge is 0.396 e. The third kappa shape index (κ3) is 6.25. The van der Waals surface area contributed by atoms with Gasteiger partial charge in [0.25, 0.3) is 0 Å². The van der Waals surface area contributed by atoms with Crippen LogP contribution in [-0.2, 0) is 16.1 Å².